The smallest absolute Gasteiger partial charge is 0.303 e. The summed E-state index contributed by atoms with van der Waals surface area (Å²) in [7, 11) is -3.56. The van der Waals surface area contributed by atoms with E-state index < -0.39 is 21.4 Å². The average Bonchev–Trinajstić information content (AvgIpc) is 2.68. The first-order valence-corrected chi connectivity index (χ1v) is 8.95. The van der Waals surface area contributed by atoms with Crippen LogP contribution in [0.5, 0.6) is 0 Å². The molecule has 0 spiro atoms. The number of carboxylic acid groups (broad SMARTS) is 1. The fourth-order valence-corrected chi connectivity index (χ4v) is 5.74. The molecule has 1 aromatic heterocycles. The van der Waals surface area contributed by atoms with Crippen LogP contribution in [0.1, 0.15) is 25.7 Å². The van der Waals surface area contributed by atoms with E-state index in [4.69, 9.17) is 5.11 Å². The molecule has 0 atom stereocenters. The molecule has 0 bridgehead atoms. The first-order valence-electron chi connectivity index (χ1n) is 5.79. The van der Waals surface area contributed by atoms with Gasteiger partial charge in [0.2, 0.25) is 0 Å². The summed E-state index contributed by atoms with van der Waals surface area (Å²) in [6.45, 7) is 0.186. The number of rotatable bonds is 6. The zero-order valence-electron chi connectivity index (χ0n) is 10.1. The lowest BCUT2D eigenvalue weighted by molar-refractivity contribution is -0.141. The molecule has 2 rings (SSSR count). The van der Waals surface area contributed by atoms with Crippen LogP contribution >= 0.6 is 27.3 Å². The third kappa shape index (κ3) is 3.36. The van der Waals surface area contributed by atoms with E-state index in [-0.39, 0.29) is 17.2 Å². The third-order valence-electron chi connectivity index (χ3n) is 3.41. The molecule has 0 radical (unpaired) electrons. The fourth-order valence-electron chi connectivity index (χ4n) is 2.20. The van der Waals surface area contributed by atoms with Crippen LogP contribution in [0.2, 0.25) is 0 Å². The molecule has 1 aliphatic carbocycles. The molecule has 0 saturated heterocycles. The summed E-state index contributed by atoms with van der Waals surface area (Å²) < 4.78 is 27.5. The highest BCUT2D eigenvalue weighted by Gasteiger charge is 2.40. The molecule has 19 heavy (non-hydrogen) atoms. The predicted octanol–water partition coefficient (Wildman–Crippen LogP) is 2.43. The molecule has 106 valence electrons. The van der Waals surface area contributed by atoms with E-state index in [1.165, 1.54) is 0 Å². The Morgan fingerprint density at radius 1 is 1.53 bits per heavy atom. The van der Waals surface area contributed by atoms with E-state index in [1.807, 2.05) is 0 Å². The Bertz CT molecular complexity index is 577. The van der Waals surface area contributed by atoms with E-state index in [0.29, 0.717) is 4.47 Å². The van der Waals surface area contributed by atoms with Gasteiger partial charge in [-0.25, -0.2) is 13.1 Å². The van der Waals surface area contributed by atoms with Gasteiger partial charge in [-0.15, -0.1) is 11.3 Å². The predicted molar refractivity (Wildman–Crippen MR) is 75.7 cm³/mol. The minimum absolute atomic E-state index is 0.0150. The maximum Gasteiger partial charge on any atom is 0.303 e. The number of hydrogen-bond donors (Lipinski definition) is 2. The minimum atomic E-state index is -3.56. The van der Waals surface area contributed by atoms with Gasteiger partial charge in [-0.05, 0) is 45.6 Å². The van der Waals surface area contributed by atoms with Crippen molar-refractivity contribution < 1.29 is 18.3 Å². The Hall–Kier alpha value is -0.440. The molecule has 2 N–H and O–H groups in total. The van der Waals surface area contributed by atoms with Gasteiger partial charge in [0.25, 0.3) is 10.0 Å². The molecule has 1 aromatic rings. The topological polar surface area (TPSA) is 83.5 Å². The number of halogens is 1. The maximum atomic E-state index is 12.1. The van der Waals surface area contributed by atoms with Crippen molar-refractivity contribution in [3.05, 3.63) is 15.9 Å². The van der Waals surface area contributed by atoms with Crippen molar-refractivity contribution in [3.8, 4) is 0 Å². The van der Waals surface area contributed by atoms with Crippen LogP contribution in [-0.4, -0.2) is 26.0 Å². The molecule has 1 heterocycles. The molecule has 8 heteroatoms. The number of sulfonamides is 1. The second kappa shape index (κ2) is 5.51. The van der Waals surface area contributed by atoms with Gasteiger partial charge in [-0.3, -0.25) is 4.79 Å². The summed E-state index contributed by atoms with van der Waals surface area (Å²) >= 11 is 4.32. The van der Waals surface area contributed by atoms with Crippen LogP contribution in [-0.2, 0) is 14.8 Å². The van der Waals surface area contributed by atoms with E-state index in [0.717, 1.165) is 30.6 Å². The second-order valence-corrected chi connectivity index (χ2v) is 8.54. The summed E-state index contributed by atoms with van der Waals surface area (Å²) in [5.74, 6) is -0.879. The van der Waals surface area contributed by atoms with Crippen LogP contribution in [0.25, 0.3) is 0 Å². The molecular weight excluding hydrogens is 354 g/mol. The second-order valence-electron chi connectivity index (χ2n) is 4.80. The first kappa shape index (κ1) is 15.0. The molecule has 1 saturated carbocycles. The van der Waals surface area contributed by atoms with E-state index in [2.05, 4.69) is 20.7 Å². The van der Waals surface area contributed by atoms with Gasteiger partial charge in [-0.1, -0.05) is 6.42 Å². The number of aliphatic carboxylic acids is 1. The molecule has 0 aliphatic heterocycles. The van der Waals surface area contributed by atoms with Gasteiger partial charge in [-0.2, -0.15) is 0 Å². The summed E-state index contributed by atoms with van der Waals surface area (Å²) in [5.41, 5.74) is -0.414. The van der Waals surface area contributed by atoms with E-state index in [1.54, 1.807) is 11.4 Å². The van der Waals surface area contributed by atoms with Crippen molar-refractivity contribution >= 4 is 43.3 Å². The zero-order chi connectivity index (χ0) is 14.1. The van der Waals surface area contributed by atoms with E-state index in [9.17, 15) is 13.2 Å². The van der Waals surface area contributed by atoms with Crippen LogP contribution in [0.4, 0.5) is 0 Å². The first-order chi connectivity index (χ1) is 8.85. The Kier molecular flexibility index (Phi) is 4.34. The Balaban J connectivity index is 2.06. The molecule has 1 fully saturated rings. The van der Waals surface area contributed by atoms with Crippen LogP contribution in [0.3, 0.4) is 0 Å². The third-order valence-corrected chi connectivity index (χ3v) is 7.48. The van der Waals surface area contributed by atoms with Gasteiger partial charge in [0.1, 0.15) is 4.21 Å². The van der Waals surface area contributed by atoms with Crippen molar-refractivity contribution in [2.45, 2.75) is 29.9 Å². The molecule has 0 aromatic carbocycles. The number of thiophene rings is 1. The summed E-state index contributed by atoms with van der Waals surface area (Å²) in [6.07, 6.45) is 2.49. The minimum Gasteiger partial charge on any atom is -0.481 e. The highest BCUT2D eigenvalue weighted by molar-refractivity contribution is 9.10. The zero-order valence-corrected chi connectivity index (χ0v) is 13.3. The largest absolute Gasteiger partial charge is 0.481 e. The quantitative estimate of drug-likeness (QED) is 0.808. The van der Waals surface area contributed by atoms with Crippen LogP contribution < -0.4 is 4.72 Å². The van der Waals surface area contributed by atoms with Crippen molar-refractivity contribution in [1.29, 1.82) is 0 Å². The number of nitrogens with one attached hydrogen (secondary N) is 1. The van der Waals surface area contributed by atoms with Crippen molar-refractivity contribution in [1.82, 2.24) is 4.72 Å². The van der Waals surface area contributed by atoms with Gasteiger partial charge in [0, 0.05) is 11.0 Å². The fraction of sp³-hybridized carbons (Fsp3) is 0.545. The standard InChI is InChI=1S/C11H14BrNO4S2/c12-8-2-5-18-10(8)19(16,17)13-7-11(3-1-4-11)6-9(14)15/h2,5,13H,1,3-4,6-7H2,(H,14,15). The lowest BCUT2D eigenvalue weighted by Crippen LogP contribution is -2.43. The number of carboxylic acids is 1. The van der Waals surface area contributed by atoms with Crippen molar-refractivity contribution in [3.63, 3.8) is 0 Å². The van der Waals surface area contributed by atoms with Crippen LogP contribution in [0, 0.1) is 5.41 Å². The highest BCUT2D eigenvalue weighted by Crippen LogP contribution is 2.43. The Morgan fingerprint density at radius 2 is 2.21 bits per heavy atom. The lowest BCUT2D eigenvalue weighted by Gasteiger charge is -2.40. The Morgan fingerprint density at radius 3 is 2.63 bits per heavy atom. The molecule has 1 aliphatic rings. The molecule has 0 amide bonds. The van der Waals surface area contributed by atoms with Gasteiger partial charge in [0.15, 0.2) is 0 Å². The highest BCUT2D eigenvalue weighted by atomic mass is 79.9. The molecule has 5 nitrogen and oxygen atoms in total. The van der Waals surface area contributed by atoms with E-state index >= 15 is 0 Å². The maximum absolute atomic E-state index is 12.1. The summed E-state index contributed by atoms with van der Waals surface area (Å²) in [5, 5.41) is 10.6. The summed E-state index contributed by atoms with van der Waals surface area (Å²) in [6, 6.07) is 1.68. The lowest BCUT2D eigenvalue weighted by atomic mass is 9.67. The average molecular weight is 368 g/mol. The van der Waals surface area contributed by atoms with Gasteiger partial charge < -0.3 is 5.11 Å². The van der Waals surface area contributed by atoms with Gasteiger partial charge >= 0.3 is 5.97 Å². The molecule has 0 unspecified atom stereocenters. The van der Waals surface area contributed by atoms with Crippen molar-refractivity contribution in [2.24, 2.45) is 5.41 Å². The van der Waals surface area contributed by atoms with Gasteiger partial charge in [0.05, 0.1) is 6.42 Å². The monoisotopic (exact) mass is 367 g/mol. The molecular formula is C11H14BrNO4S2. The normalized spacial score (nSPS) is 17.9. The number of hydrogen-bond acceptors (Lipinski definition) is 4. The SMILES string of the molecule is O=C(O)CC1(CNS(=O)(=O)c2sccc2Br)CCC1. The van der Waals surface area contributed by atoms with Crippen molar-refractivity contribution in [2.75, 3.05) is 6.54 Å². The number of carbonyl (C=O) groups is 1. The van der Waals surface area contributed by atoms with Crippen LogP contribution in [0.15, 0.2) is 20.1 Å². The summed E-state index contributed by atoms with van der Waals surface area (Å²) in [4.78, 5) is 10.8. The Labute approximate surface area is 124 Å².